The van der Waals surface area contributed by atoms with Crippen LogP contribution in [0, 0.1) is 0 Å². The second kappa shape index (κ2) is 5.20. The summed E-state index contributed by atoms with van der Waals surface area (Å²) in [6.07, 6.45) is 0.753. The number of fused-ring (bicyclic) bond motifs is 1. The number of hydrogen-bond donors (Lipinski definition) is 2. The lowest BCUT2D eigenvalue weighted by Crippen LogP contribution is -2.50. The van der Waals surface area contributed by atoms with Crippen LogP contribution >= 0.6 is 0 Å². The minimum absolute atomic E-state index is 0.230. The Hall–Kier alpha value is -0.950. The largest absolute Gasteiger partial charge is 0.324 e. The number of nitrogens with zero attached hydrogens (tertiary/aromatic N) is 1. The van der Waals surface area contributed by atoms with Gasteiger partial charge in [0.25, 0.3) is 10.2 Å². The summed E-state index contributed by atoms with van der Waals surface area (Å²) in [5, 5.41) is 0. The third-order valence-corrected chi connectivity index (χ3v) is 4.65. The van der Waals surface area contributed by atoms with Gasteiger partial charge >= 0.3 is 0 Å². The molecule has 6 heteroatoms. The Morgan fingerprint density at radius 1 is 1.32 bits per heavy atom. The van der Waals surface area contributed by atoms with Crippen LogP contribution < -0.4 is 10.5 Å². The Bertz CT molecular complexity index is 549. The van der Waals surface area contributed by atoms with Gasteiger partial charge in [0, 0.05) is 25.2 Å². The highest BCUT2D eigenvalue weighted by Crippen LogP contribution is 2.20. The molecular formula is C13H21N3O2S. The maximum absolute atomic E-state index is 12.2. The highest BCUT2D eigenvalue weighted by atomic mass is 32.2. The van der Waals surface area contributed by atoms with E-state index < -0.39 is 15.7 Å². The average molecular weight is 283 g/mol. The van der Waals surface area contributed by atoms with Crippen LogP contribution in [-0.4, -0.2) is 31.4 Å². The van der Waals surface area contributed by atoms with E-state index in [-0.39, 0.29) is 6.54 Å². The summed E-state index contributed by atoms with van der Waals surface area (Å²) in [6.45, 7) is 4.75. The Labute approximate surface area is 115 Å². The summed E-state index contributed by atoms with van der Waals surface area (Å²) >= 11 is 0. The van der Waals surface area contributed by atoms with Crippen molar-refractivity contribution >= 4 is 10.2 Å². The number of nitrogens with two attached hydrogens (primary N) is 1. The summed E-state index contributed by atoms with van der Waals surface area (Å²) in [5.41, 5.74) is 7.55. The van der Waals surface area contributed by atoms with E-state index in [0.29, 0.717) is 13.1 Å². The minimum atomic E-state index is -3.46. The standard InChI is InChI=1S/C13H21N3O2S/c1-13(2,14)10-15-19(17,18)16-8-7-11-5-3-4-6-12(11)9-16/h3-6,15H,7-10,14H2,1-2H3. The maximum Gasteiger partial charge on any atom is 0.279 e. The van der Waals surface area contributed by atoms with Gasteiger partial charge in [0.15, 0.2) is 0 Å². The van der Waals surface area contributed by atoms with Crippen LogP contribution in [0.4, 0.5) is 0 Å². The summed E-state index contributed by atoms with van der Waals surface area (Å²) in [5.74, 6) is 0. The Balaban J connectivity index is 2.08. The first-order valence-electron chi connectivity index (χ1n) is 6.38. The lowest BCUT2D eigenvalue weighted by atomic mass is 10.0. The van der Waals surface area contributed by atoms with Gasteiger partial charge in [-0.1, -0.05) is 24.3 Å². The van der Waals surface area contributed by atoms with Crippen molar-refractivity contribution in [3.8, 4) is 0 Å². The molecule has 0 saturated carbocycles. The number of hydrogen-bond acceptors (Lipinski definition) is 3. The lowest BCUT2D eigenvalue weighted by Gasteiger charge is -2.29. The first-order valence-corrected chi connectivity index (χ1v) is 7.82. The molecule has 5 nitrogen and oxygen atoms in total. The predicted molar refractivity (Wildman–Crippen MR) is 75.7 cm³/mol. The van der Waals surface area contributed by atoms with Gasteiger partial charge in [-0.2, -0.15) is 12.7 Å². The maximum atomic E-state index is 12.2. The lowest BCUT2D eigenvalue weighted by molar-refractivity contribution is 0.378. The van der Waals surface area contributed by atoms with Crippen LogP contribution in [0.5, 0.6) is 0 Å². The van der Waals surface area contributed by atoms with Gasteiger partial charge in [0.05, 0.1) is 0 Å². The van der Waals surface area contributed by atoms with Gasteiger partial charge in [-0.3, -0.25) is 0 Å². The van der Waals surface area contributed by atoms with E-state index in [1.54, 1.807) is 13.8 Å². The normalized spacial score (nSPS) is 17.2. The monoisotopic (exact) mass is 283 g/mol. The van der Waals surface area contributed by atoms with E-state index in [2.05, 4.69) is 10.8 Å². The summed E-state index contributed by atoms with van der Waals surface area (Å²) in [4.78, 5) is 0. The molecule has 0 atom stereocenters. The predicted octanol–water partition coefficient (Wildman–Crippen LogP) is 0.616. The molecule has 3 N–H and O–H groups in total. The Morgan fingerprint density at radius 3 is 2.58 bits per heavy atom. The molecule has 1 aliphatic rings. The van der Waals surface area contributed by atoms with Gasteiger partial charge in [-0.25, -0.2) is 4.72 Å². The number of nitrogens with one attached hydrogen (secondary N) is 1. The number of benzene rings is 1. The van der Waals surface area contributed by atoms with E-state index in [4.69, 9.17) is 5.73 Å². The van der Waals surface area contributed by atoms with Gasteiger partial charge in [-0.15, -0.1) is 0 Å². The van der Waals surface area contributed by atoms with Gasteiger partial charge in [0.1, 0.15) is 0 Å². The molecule has 0 spiro atoms. The molecular weight excluding hydrogens is 262 g/mol. The fourth-order valence-electron chi connectivity index (χ4n) is 2.04. The molecule has 0 radical (unpaired) electrons. The Morgan fingerprint density at radius 2 is 1.95 bits per heavy atom. The molecule has 0 saturated heterocycles. The molecule has 0 aliphatic carbocycles. The van der Waals surface area contributed by atoms with Crippen molar-refractivity contribution in [3.05, 3.63) is 35.4 Å². The molecule has 106 valence electrons. The molecule has 0 bridgehead atoms. The zero-order chi connectivity index (χ0) is 14.1. The zero-order valence-corrected chi connectivity index (χ0v) is 12.2. The van der Waals surface area contributed by atoms with Crippen LogP contribution in [-0.2, 0) is 23.2 Å². The van der Waals surface area contributed by atoms with Crippen molar-refractivity contribution in [3.63, 3.8) is 0 Å². The zero-order valence-electron chi connectivity index (χ0n) is 11.4. The first-order chi connectivity index (χ1) is 8.78. The van der Waals surface area contributed by atoms with Crippen molar-refractivity contribution in [2.24, 2.45) is 5.73 Å². The van der Waals surface area contributed by atoms with Gasteiger partial charge < -0.3 is 5.73 Å². The molecule has 0 fully saturated rings. The van der Waals surface area contributed by atoms with E-state index >= 15 is 0 Å². The highest BCUT2D eigenvalue weighted by Gasteiger charge is 2.27. The van der Waals surface area contributed by atoms with Crippen LogP contribution in [0.2, 0.25) is 0 Å². The van der Waals surface area contributed by atoms with Crippen LogP contribution in [0.25, 0.3) is 0 Å². The third kappa shape index (κ3) is 3.76. The van der Waals surface area contributed by atoms with Crippen LogP contribution in [0.15, 0.2) is 24.3 Å². The van der Waals surface area contributed by atoms with Gasteiger partial charge in [0.2, 0.25) is 0 Å². The smallest absolute Gasteiger partial charge is 0.279 e. The molecule has 0 unspecified atom stereocenters. The summed E-state index contributed by atoms with van der Waals surface area (Å²) in [7, 11) is -3.46. The van der Waals surface area contributed by atoms with E-state index in [1.807, 2.05) is 18.2 Å². The molecule has 0 aromatic heterocycles. The second-order valence-electron chi connectivity index (χ2n) is 5.67. The molecule has 2 rings (SSSR count). The fraction of sp³-hybridized carbons (Fsp3) is 0.538. The first kappa shape index (κ1) is 14.5. The molecule has 19 heavy (non-hydrogen) atoms. The molecule has 1 heterocycles. The Kier molecular flexibility index (Phi) is 3.96. The van der Waals surface area contributed by atoms with Crippen molar-refractivity contribution in [2.75, 3.05) is 13.1 Å². The van der Waals surface area contributed by atoms with Crippen LogP contribution in [0.3, 0.4) is 0 Å². The van der Waals surface area contributed by atoms with E-state index in [9.17, 15) is 8.42 Å². The molecule has 1 aromatic rings. The fourth-order valence-corrected chi connectivity index (χ4v) is 3.42. The highest BCUT2D eigenvalue weighted by molar-refractivity contribution is 7.87. The molecule has 0 amide bonds. The van der Waals surface area contributed by atoms with Gasteiger partial charge in [-0.05, 0) is 31.4 Å². The minimum Gasteiger partial charge on any atom is -0.324 e. The SMILES string of the molecule is CC(C)(N)CNS(=O)(=O)N1CCc2ccccc2C1. The van der Waals surface area contributed by atoms with Crippen molar-refractivity contribution in [1.29, 1.82) is 0 Å². The third-order valence-electron chi connectivity index (χ3n) is 3.15. The van der Waals surface area contributed by atoms with E-state index in [1.165, 1.54) is 9.87 Å². The average Bonchev–Trinajstić information content (AvgIpc) is 2.35. The topological polar surface area (TPSA) is 75.4 Å². The number of rotatable bonds is 4. The van der Waals surface area contributed by atoms with Crippen molar-refractivity contribution in [2.45, 2.75) is 32.4 Å². The van der Waals surface area contributed by atoms with Crippen molar-refractivity contribution in [1.82, 2.24) is 9.03 Å². The van der Waals surface area contributed by atoms with Crippen LogP contribution in [0.1, 0.15) is 25.0 Å². The summed E-state index contributed by atoms with van der Waals surface area (Å²) < 4.78 is 28.4. The molecule has 1 aromatic carbocycles. The molecule has 1 aliphatic heterocycles. The van der Waals surface area contributed by atoms with Crippen molar-refractivity contribution < 1.29 is 8.42 Å². The summed E-state index contributed by atoms with van der Waals surface area (Å²) in [6, 6.07) is 7.95. The quantitative estimate of drug-likeness (QED) is 0.850. The second-order valence-corrected chi connectivity index (χ2v) is 7.42. The van der Waals surface area contributed by atoms with E-state index in [0.717, 1.165) is 12.0 Å².